The van der Waals surface area contributed by atoms with Crippen LogP contribution in [0.25, 0.3) is 0 Å². The second-order valence-corrected chi connectivity index (χ2v) is 2.33. The molecular weight excluding hydrogens is 191 g/mol. The normalized spacial score (nSPS) is 9.14. The summed E-state index contributed by atoms with van der Waals surface area (Å²) in [5.74, 6) is -5.07. The fourth-order valence-corrected chi connectivity index (χ4v) is 0.783. The Morgan fingerprint density at radius 2 is 1.21 bits per heavy atom. The first-order chi connectivity index (χ1) is 6.46. The van der Waals surface area contributed by atoms with Crippen LogP contribution < -0.4 is 0 Å². The van der Waals surface area contributed by atoms with Gasteiger partial charge in [-0.2, -0.15) is 4.39 Å². The molecule has 0 amide bonds. The average molecular weight is 204 g/mol. The van der Waals surface area contributed by atoms with Gasteiger partial charge in [-0.05, 0) is 6.92 Å². The highest BCUT2D eigenvalue weighted by Crippen LogP contribution is 2.44. The highest BCUT2D eigenvalue weighted by atomic mass is 19.1. The van der Waals surface area contributed by atoms with Crippen LogP contribution in [-0.2, 0) is 0 Å². The maximum absolute atomic E-state index is 12.7. The molecule has 4 N–H and O–H groups in total. The molecule has 1 aromatic carbocycles. The number of aromatic hydroxyl groups is 4. The topological polar surface area (TPSA) is 80.9 Å². The zero-order valence-electron chi connectivity index (χ0n) is 8.17. The van der Waals surface area contributed by atoms with Crippen molar-refractivity contribution in [3.63, 3.8) is 0 Å². The Kier molecular flexibility index (Phi) is 4.01. The van der Waals surface area contributed by atoms with Gasteiger partial charge >= 0.3 is 0 Å². The minimum absolute atomic E-state index is 0.220. The van der Waals surface area contributed by atoms with E-state index in [0.29, 0.717) is 0 Å². The van der Waals surface area contributed by atoms with Gasteiger partial charge in [-0.25, -0.2) is 0 Å². The molecular formula is C9H13FO4. The molecule has 80 valence electrons. The minimum atomic E-state index is -1.34. The molecule has 0 heterocycles. The molecule has 0 atom stereocenters. The summed E-state index contributed by atoms with van der Waals surface area (Å²) in [7, 11) is 0. The van der Waals surface area contributed by atoms with Gasteiger partial charge in [-0.15, -0.1) is 0 Å². The standard InChI is InChI=1S/C7H7FO4.C2H6/c1-2-4(9)3(8)6(11)7(12)5(2)10;1-2/h9-12H,1H3;1-2H3. The molecule has 0 bridgehead atoms. The summed E-state index contributed by atoms with van der Waals surface area (Å²) in [5.41, 5.74) is -0.220. The zero-order valence-corrected chi connectivity index (χ0v) is 8.17. The Labute approximate surface area is 80.9 Å². The zero-order chi connectivity index (χ0) is 11.5. The molecule has 0 unspecified atom stereocenters. The van der Waals surface area contributed by atoms with Crippen LogP contribution in [0.2, 0.25) is 0 Å². The Morgan fingerprint density at radius 1 is 0.786 bits per heavy atom. The maximum atomic E-state index is 12.7. The fraction of sp³-hybridized carbons (Fsp3) is 0.333. The van der Waals surface area contributed by atoms with Gasteiger partial charge < -0.3 is 20.4 Å². The molecule has 0 aromatic heterocycles. The second-order valence-electron chi connectivity index (χ2n) is 2.33. The van der Waals surface area contributed by atoms with Crippen molar-refractivity contribution >= 4 is 0 Å². The predicted molar refractivity (Wildman–Crippen MR) is 49.1 cm³/mol. The maximum Gasteiger partial charge on any atom is 0.210 e. The number of phenolic OH excluding ortho intramolecular Hbond substituents is 4. The lowest BCUT2D eigenvalue weighted by molar-refractivity contribution is 0.332. The number of halogens is 1. The van der Waals surface area contributed by atoms with E-state index in [0.717, 1.165) is 0 Å². The third-order valence-electron chi connectivity index (χ3n) is 1.57. The average Bonchev–Trinajstić information content (AvgIpc) is 2.24. The molecule has 0 fully saturated rings. The summed E-state index contributed by atoms with van der Waals surface area (Å²) in [6.07, 6.45) is 0. The van der Waals surface area contributed by atoms with Gasteiger partial charge in [-0.1, -0.05) is 13.8 Å². The van der Waals surface area contributed by atoms with Crippen molar-refractivity contribution in [3.8, 4) is 23.0 Å². The Morgan fingerprint density at radius 3 is 1.64 bits per heavy atom. The number of hydrogen-bond acceptors (Lipinski definition) is 4. The molecule has 0 aliphatic carbocycles. The molecule has 1 aromatic rings. The first kappa shape index (κ1) is 12.3. The van der Waals surface area contributed by atoms with Crippen molar-refractivity contribution in [2.24, 2.45) is 0 Å². The SMILES string of the molecule is CC.Cc1c(O)c(O)c(O)c(F)c1O. The Hall–Kier alpha value is -1.65. The summed E-state index contributed by atoms with van der Waals surface area (Å²) in [6.45, 7) is 5.20. The minimum Gasteiger partial charge on any atom is -0.504 e. The van der Waals surface area contributed by atoms with E-state index in [2.05, 4.69) is 0 Å². The number of rotatable bonds is 0. The molecule has 14 heavy (non-hydrogen) atoms. The molecule has 4 nitrogen and oxygen atoms in total. The van der Waals surface area contributed by atoms with E-state index in [1.807, 2.05) is 13.8 Å². The van der Waals surface area contributed by atoms with E-state index < -0.39 is 28.8 Å². The van der Waals surface area contributed by atoms with Gasteiger partial charge in [0, 0.05) is 5.56 Å². The van der Waals surface area contributed by atoms with Crippen LogP contribution in [-0.4, -0.2) is 20.4 Å². The van der Waals surface area contributed by atoms with E-state index in [9.17, 15) is 4.39 Å². The summed E-state index contributed by atoms with van der Waals surface area (Å²) in [5, 5.41) is 35.4. The Balaban J connectivity index is 0.000000791. The van der Waals surface area contributed by atoms with E-state index in [-0.39, 0.29) is 5.56 Å². The van der Waals surface area contributed by atoms with Crippen LogP contribution >= 0.6 is 0 Å². The monoisotopic (exact) mass is 204 g/mol. The number of benzene rings is 1. The molecule has 5 heteroatoms. The lowest BCUT2D eigenvalue weighted by atomic mass is 10.1. The lowest BCUT2D eigenvalue weighted by Gasteiger charge is -2.07. The van der Waals surface area contributed by atoms with Crippen molar-refractivity contribution in [1.29, 1.82) is 0 Å². The van der Waals surface area contributed by atoms with E-state index in [4.69, 9.17) is 20.4 Å². The van der Waals surface area contributed by atoms with E-state index in [1.54, 1.807) is 0 Å². The highest BCUT2D eigenvalue weighted by Gasteiger charge is 2.20. The Bertz CT molecular complexity index is 231. The van der Waals surface area contributed by atoms with Crippen molar-refractivity contribution in [2.75, 3.05) is 0 Å². The third-order valence-corrected chi connectivity index (χ3v) is 1.57. The molecule has 0 spiro atoms. The van der Waals surface area contributed by atoms with E-state index >= 15 is 0 Å². The van der Waals surface area contributed by atoms with Crippen LogP contribution in [0.3, 0.4) is 0 Å². The van der Waals surface area contributed by atoms with Crippen molar-refractivity contribution in [1.82, 2.24) is 0 Å². The molecule has 0 saturated carbocycles. The van der Waals surface area contributed by atoms with Crippen LogP contribution in [0.1, 0.15) is 19.4 Å². The molecule has 0 aliphatic heterocycles. The highest BCUT2D eigenvalue weighted by molar-refractivity contribution is 5.59. The van der Waals surface area contributed by atoms with Gasteiger partial charge in [0.15, 0.2) is 11.5 Å². The lowest BCUT2D eigenvalue weighted by Crippen LogP contribution is -1.85. The van der Waals surface area contributed by atoms with Gasteiger partial charge in [0.2, 0.25) is 17.3 Å². The van der Waals surface area contributed by atoms with Crippen molar-refractivity contribution in [2.45, 2.75) is 20.8 Å². The van der Waals surface area contributed by atoms with Gasteiger partial charge in [-0.3, -0.25) is 0 Å². The number of phenols is 4. The molecule has 0 radical (unpaired) electrons. The molecule has 1 rings (SSSR count). The fourth-order valence-electron chi connectivity index (χ4n) is 0.783. The van der Waals surface area contributed by atoms with Gasteiger partial charge in [0.1, 0.15) is 0 Å². The van der Waals surface area contributed by atoms with Crippen molar-refractivity contribution < 1.29 is 24.8 Å². The van der Waals surface area contributed by atoms with Crippen molar-refractivity contribution in [3.05, 3.63) is 11.4 Å². The second kappa shape index (κ2) is 4.55. The number of hydrogen-bond donors (Lipinski definition) is 4. The first-order valence-corrected chi connectivity index (χ1v) is 4.08. The quantitative estimate of drug-likeness (QED) is 0.385. The molecule has 0 saturated heterocycles. The van der Waals surface area contributed by atoms with Crippen LogP contribution in [0, 0.1) is 12.7 Å². The van der Waals surface area contributed by atoms with Crippen LogP contribution in [0.15, 0.2) is 0 Å². The summed E-state index contributed by atoms with van der Waals surface area (Å²) < 4.78 is 12.7. The van der Waals surface area contributed by atoms with Crippen LogP contribution in [0.5, 0.6) is 23.0 Å². The first-order valence-electron chi connectivity index (χ1n) is 4.08. The summed E-state index contributed by atoms with van der Waals surface area (Å²) in [4.78, 5) is 0. The summed E-state index contributed by atoms with van der Waals surface area (Å²) in [6, 6.07) is 0. The van der Waals surface area contributed by atoms with E-state index in [1.165, 1.54) is 6.92 Å². The third kappa shape index (κ3) is 1.81. The van der Waals surface area contributed by atoms with Gasteiger partial charge in [0.25, 0.3) is 0 Å². The predicted octanol–water partition coefficient (Wildman–Crippen LogP) is 1.98. The van der Waals surface area contributed by atoms with Crippen LogP contribution in [0.4, 0.5) is 4.39 Å². The summed E-state index contributed by atoms with van der Waals surface area (Å²) >= 11 is 0. The smallest absolute Gasteiger partial charge is 0.210 e. The van der Waals surface area contributed by atoms with Gasteiger partial charge in [0.05, 0.1) is 0 Å². The largest absolute Gasteiger partial charge is 0.504 e. The molecule has 0 aliphatic rings.